The minimum Gasteiger partial charge on any atom is -0.446 e. The number of rotatable bonds is 2. The van der Waals surface area contributed by atoms with Crippen LogP contribution < -0.4 is 0 Å². The van der Waals surface area contributed by atoms with Crippen molar-refractivity contribution >= 4 is 12.8 Å². The second-order valence-corrected chi connectivity index (χ2v) is 5.88. The van der Waals surface area contributed by atoms with Gasteiger partial charge in [0.05, 0.1) is 0 Å². The SMILES string of the molecule is CB(C)C1CCN(C(=O)OC2CCCCC2)C1. The summed E-state index contributed by atoms with van der Waals surface area (Å²) >= 11 is 0. The number of hydrogen-bond donors (Lipinski definition) is 0. The second-order valence-electron chi connectivity index (χ2n) is 5.88. The Bertz CT molecular complexity index is 264. The normalized spacial score (nSPS) is 26.0. The summed E-state index contributed by atoms with van der Waals surface area (Å²) in [6.07, 6.45) is 7.11. The summed E-state index contributed by atoms with van der Waals surface area (Å²) < 4.78 is 5.59. The highest BCUT2D eigenvalue weighted by Gasteiger charge is 2.31. The first-order valence-corrected chi connectivity index (χ1v) is 7.12. The first kappa shape index (κ1) is 12.8. The maximum absolute atomic E-state index is 12.0. The molecule has 0 radical (unpaired) electrons. The highest BCUT2D eigenvalue weighted by molar-refractivity contribution is 6.57. The van der Waals surface area contributed by atoms with Crippen LogP contribution in [0, 0.1) is 0 Å². The van der Waals surface area contributed by atoms with Gasteiger partial charge in [0, 0.05) is 13.1 Å². The number of ether oxygens (including phenoxy) is 1. The van der Waals surface area contributed by atoms with E-state index in [0.29, 0.717) is 12.5 Å². The summed E-state index contributed by atoms with van der Waals surface area (Å²) in [6, 6.07) is 0. The molecule has 0 aromatic rings. The van der Waals surface area contributed by atoms with E-state index in [2.05, 4.69) is 13.6 Å². The van der Waals surface area contributed by atoms with Gasteiger partial charge >= 0.3 is 6.09 Å². The van der Waals surface area contributed by atoms with E-state index in [-0.39, 0.29) is 12.2 Å². The quantitative estimate of drug-likeness (QED) is 0.689. The zero-order valence-electron chi connectivity index (χ0n) is 11.2. The van der Waals surface area contributed by atoms with Crippen molar-refractivity contribution in [3.05, 3.63) is 0 Å². The third-order valence-electron chi connectivity index (χ3n) is 4.25. The topological polar surface area (TPSA) is 29.5 Å². The Kier molecular flexibility index (Phi) is 4.35. The first-order chi connectivity index (χ1) is 8.16. The molecule has 0 N–H and O–H groups in total. The van der Waals surface area contributed by atoms with E-state index >= 15 is 0 Å². The minimum atomic E-state index is -0.0694. The van der Waals surface area contributed by atoms with Crippen molar-refractivity contribution in [3.8, 4) is 0 Å². The van der Waals surface area contributed by atoms with Gasteiger partial charge in [-0.15, -0.1) is 0 Å². The van der Waals surface area contributed by atoms with Crippen LogP contribution in [0.25, 0.3) is 0 Å². The van der Waals surface area contributed by atoms with Crippen molar-refractivity contribution in [2.24, 2.45) is 0 Å². The average molecular weight is 237 g/mol. The molecule has 1 aliphatic carbocycles. The Labute approximate surface area is 105 Å². The van der Waals surface area contributed by atoms with Gasteiger partial charge in [0.1, 0.15) is 12.8 Å². The molecule has 0 bridgehead atoms. The molecule has 1 unspecified atom stereocenters. The van der Waals surface area contributed by atoms with Crippen LogP contribution >= 0.6 is 0 Å². The third-order valence-corrected chi connectivity index (χ3v) is 4.25. The van der Waals surface area contributed by atoms with Crippen LogP contribution in [0.5, 0.6) is 0 Å². The maximum atomic E-state index is 12.0. The molecule has 96 valence electrons. The Morgan fingerprint density at radius 1 is 1.18 bits per heavy atom. The van der Waals surface area contributed by atoms with Crippen LogP contribution in [0.15, 0.2) is 0 Å². The van der Waals surface area contributed by atoms with Gasteiger partial charge in [-0.3, -0.25) is 0 Å². The van der Waals surface area contributed by atoms with E-state index in [1.54, 1.807) is 0 Å². The first-order valence-electron chi connectivity index (χ1n) is 7.12. The molecule has 3 nitrogen and oxygen atoms in total. The molecule has 17 heavy (non-hydrogen) atoms. The fourth-order valence-corrected chi connectivity index (χ4v) is 2.90. The van der Waals surface area contributed by atoms with Crippen molar-refractivity contribution in [1.82, 2.24) is 4.90 Å². The van der Waals surface area contributed by atoms with Gasteiger partial charge in [-0.05, 0) is 37.9 Å². The molecule has 1 amide bonds. The summed E-state index contributed by atoms with van der Waals surface area (Å²) in [6.45, 7) is 6.92. The van der Waals surface area contributed by atoms with Gasteiger partial charge in [0.15, 0.2) is 0 Å². The third kappa shape index (κ3) is 3.40. The van der Waals surface area contributed by atoms with Crippen LogP contribution in [0.2, 0.25) is 19.5 Å². The summed E-state index contributed by atoms with van der Waals surface area (Å²) in [5, 5.41) is 0. The van der Waals surface area contributed by atoms with Gasteiger partial charge in [0.25, 0.3) is 0 Å². The predicted molar refractivity (Wildman–Crippen MR) is 70.8 cm³/mol. The van der Waals surface area contributed by atoms with E-state index in [0.717, 1.165) is 32.4 Å². The van der Waals surface area contributed by atoms with Crippen LogP contribution in [0.4, 0.5) is 4.79 Å². The maximum Gasteiger partial charge on any atom is 0.410 e. The van der Waals surface area contributed by atoms with E-state index < -0.39 is 0 Å². The number of carbonyl (C=O) groups is 1. The average Bonchev–Trinajstić information content (AvgIpc) is 2.79. The summed E-state index contributed by atoms with van der Waals surface area (Å²) in [5.74, 6) is 0.661. The molecule has 0 spiro atoms. The van der Waals surface area contributed by atoms with Gasteiger partial charge in [-0.1, -0.05) is 20.1 Å². The van der Waals surface area contributed by atoms with Crippen molar-refractivity contribution in [3.63, 3.8) is 0 Å². The molecule has 1 saturated heterocycles. The lowest BCUT2D eigenvalue weighted by Gasteiger charge is -2.25. The van der Waals surface area contributed by atoms with E-state index in [9.17, 15) is 4.79 Å². The Hall–Kier alpha value is -0.665. The highest BCUT2D eigenvalue weighted by atomic mass is 16.6. The minimum absolute atomic E-state index is 0.0694. The second kappa shape index (κ2) is 5.79. The van der Waals surface area contributed by atoms with Crippen LogP contribution in [-0.4, -0.2) is 36.9 Å². The van der Waals surface area contributed by atoms with Gasteiger partial charge in [-0.25, -0.2) is 4.79 Å². The molecular formula is C13H24BNO2. The van der Waals surface area contributed by atoms with Crippen LogP contribution in [0.3, 0.4) is 0 Å². The van der Waals surface area contributed by atoms with Gasteiger partial charge < -0.3 is 9.64 Å². The number of carbonyl (C=O) groups excluding carboxylic acids is 1. The zero-order valence-corrected chi connectivity index (χ0v) is 11.2. The lowest BCUT2D eigenvalue weighted by molar-refractivity contribution is 0.0508. The molecule has 2 fully saturated rings. The number of nitrogens with zero attached hydrogens (tertiary/aromatic N) is 1. The van der Waals surface area contributed by atoms with Crippen LogP contribution in [0.1, 0.15) is 38.5 Å². The smallest absolute Gasteiger partial charge is 0.410 e. The molecule has 1 saturated carbocycles. The molecule has 0 aromatic heterocycles. The number of hydrogen-bond acceptors (Lipinski definition) is 2. The zero-order chi connectivity index (χ0) is 12.3. The number of likely N-dealkylation sites (tertiary alicyclic amines) is 1. The molecule has 1 heterocycles. The van der Waals surface area contributed by atoms with E-state index in [4.69, 9.17) is 4.74 Å². The van der Waals surface area contributed by atoms with E-state index in [1.807, 2.05) is 4.90 Å². The Morgan fingerprint density at radius 3 is 2.47 bits per heavy atom. The van der Waals surface area contributed by atoms with Gasteiger partial charge in [0.2, 0.25) is 0 Å². The molecule has 1 aliphatic heterocycles. The summed E-state index contributed by atoms with van der Waals surface area (Å²) in [5.41, 5.74) is 0. The molecule has 2 rings (SSSR count). The molecular weight excluding hydrogens is 213 g/mol. The molecule has 1 atom stereocenters. The fraction of sp³-hybridized carbons (Fsp3) is 0.923. The van der Waals surface area contributed by atoms with Crippen molar-refractivity contribution in [2.75, 3.05) is 13.1 Å². The van der Waals surface area contributed by atoms with Crippen LogP contribution in [-0.2, 0) is 4.74 Å². The molecule has 2 aliphatic rings. The lowest BCUT2D eigenvalue weighted by Crippen LogP contribution is -2.33. The number of amides is 1. The Morgan fingerprint density at radius 2 is 1.88 bits per heavy atom. The molecule has 0 aromatic carbocycles. The fourth-order valence-electron chi connectivity index (χ4n) is 2.90. The van der Waals surface area contributed by atoms with Crippen molar-refractivity contribution in [2.45, 2.75) is 64.1 Å². The summed E-state index contributed by atoms with van der Waals surface area (Å²) in [4.78, 5) is 13.9. The molecule has 4 heteroatoms. The monoisotopic (exact) mass is 237 g/mol. The van der Waals surface area contributed by atoms with Crippen molar-refractivity contribution < 1.29 is 9.53 Å². The largest absolute Gasteiger partial charge is 0.446 e. The van der Waals surface area contributed by atoms with Gasteiger partial charge in [-0.2, -0.15) is 0 Å². The Balaban J connectivity index is 1.76. The standard InChI is InChI=1S/C13H24BNO2/c1-14(2)11-8-9-15(10-11)13(16)17-12-6-4-3-5-7-12/h11-12H,3-10H2,1-2H3. The lowest BCUT2D eigenvalue weighted by atomic mass is 9.45. The predicted octanol–water partition coefficient (Wildman–Crippen LogP) is 3.29. The highest BCUT2D eigenvalue weighted by Crippen LogP contribution is 2.27. The van der Waals surface area contributed by atoms with E-state index in [1.165, 1.54) is 19.3 Å². The van der Waals surface area contributed by atoms with Crippen molar-refractivity contribution in [1.29, 1.82) is 0 Å². The summed E-state index contributed by atoms with van der Waals surface area (Å²) in [7, 11) is 0.